The minimum absolute atomic E-state index is 0.207. The van der Waals surface area contributed by atoms with Gasteiger partial charge in [-0.2, -0.15) is 0 Å². The Balaban J connectivity index is 1.84. The maximum absolute atomic E-state index is 13.3. The van der Waals surface area contributed by atoms with Crippen molar-refractivity contribution < 1.29 is 9.18 Å². The first-order valence-corrected chi connectivity index (χ1v) is 7.79. The molecule has 0 aliphatic rings. The minimum Gasteiger partial charge on any atom is -0.344 e. The quantitative estimate of drug-likeness (QED) is 0.755. The van der Waals surface area contributed by atoms with E-state index in [-0.39, 0.29) is 5.69 Å². The topological polar surface area (TPSA) is 92.7 Å². The van der Waals surface area contributed by atoms with E-state index in [1.165, 1.54) is 23.6 Å². The van der Waals surface area contributed by atoms with Crippen LogP contribution in [0.4, 0.5) is 20.9 Å². The number of nitrogens with one attached hydrogen (secondary N) is 2. The third-order valence-corrected chi connectivity index (χ3v) is 3.82. The summed E-state index contributed by atoms with van der Waals surface area (Å²) >= 11 is 1.29. The van der Waals surface area contributed by atoms with Gasteiger partial charge in [0.1, 0.15) is 22.5 Å². The average Bonchev–Trinajstić information content (AvgIpc) is 2.88. The molecule has 0 atom stereocenters. The number of nitrogens with zero attached hydrogens (tertiary/aromatic N) is 4. The van der Waals surface area contributed by atoms with Crippen molar-refractivity contribution in [3.8, 4) is 0 Å². The fourth-order valence-corrected chi connectivity index (χ4v) is 2.81. The van der Waals surface area contributed by atoms with Crippen LogP contribution in [-0.4, -0.2) is 25.8 Å². The van der Waals surface area contributed by atoms with Gasteiger partial charge in [-0.1, -0.05) is 0 Å². The van der Waals surface area contributed by atoms with Gasteiger partial charge in [0.15, 0.2) is 5.69 Å². The molecule has 3 aromatic heterocycles. The molecule has 3 aromatic rings. The predicted octanol–water partition coefficient (Wildman–Crippen LogP) is 3.08. The molecule has 0 radical (unpaired) electrons. The van der Waals surface area contributed by atoms with Gasteiger partial charge in [0.25, 0.3) is 5.91 Å². The molecule has 0 spiro atoms. The predicted molar refractivity (Wildman–Crippen MR) is 89.1 cm³/mol. The average molecular weight is 344 g/mol. The molecule has 0 aliphatic heterocycles. The number of amides is 1. The molecule has 0 unspecified atom stereocenters. The summed E-state index contributed by atoms with van der Waals surface area (Å²) in [6.45, 7) is 3.51. The number of carbonyl (C=O) groups excluding carboxylic acids is 1. The number of hydrogen-bond acceptors (Lipinski definition) is 7. The van der Waals surface area contributed by atoms with Crippen molar-refractivity contribution in [2.75, 3.05) is 10.6 Å². The fraction of sp³-hybridized carbons (Fsp3) is 0.133. The summed E-state index contributed by atoms with van der Waals surface area (Å²) in [4.78, 5) is 28.6. The van der Waals surface area contributed by atoms with Gasteiger partial charge in [-0.05, 0) is 19.9 Å². The molecule has 0 aliphatic carbocycles. The Bertz CT molecular complexity index is 897. The van der Waals surface area contributed by atoms with E-state index in [0.29, 0.717) is 27.3 Å². The van der Waals surface area contributed by atoms with Gasteiger partial charge in [-0.25, -0.2) is 19.3 Å². The second-order valence-corrected chi connectivity index (χ2v) is 6.07. The summed E-state index contributed by atoms with van der Waals surface area (Å²) < 4.78 is 13.3. The maximum Gasteiger partial charge on any atom is 0.278 e. The van der Waals surface area contributed by atoms with Crippen LogP contribution in [0.1, 0.15) is 21.3 Å². The van der Waals surface area contributed by atoms with Crippen LogP contribution in [0.25, 0.3) is 0 Å². The van der Waals surface area contributed by atoms with Crippen LogP contribution in [-0.2, 0) is 0 Å². The smallest absolute Gasteiger partial charge is 0.278 e. The van der Waals surface area contributed by atoms with Crippen LogP contribution >= 0.6 is 11.3 Å². The summed E-state index contributed by atoms with van der Waals surface area (Å²) in [5.41, 5.74) is 0.642. The number of hydrogen-bond donors (Lipinski definition) is 2. The zero-order valence-corrected chi connectivity index (χ0v) is 13.7. The number of halogens is 1. The fourth-order valence-electron chi connectivity index (χ4n) is 1.98. The first-order valence-electron chi connectivity index (χ1n) is 6.97. The highest BCUT2D eigenvalue weighted by Crippen LogP contribution is 2.28. The number of anilines is 3. The first-order chi connectivity index (χ1) is 11.5. The van der Waals surface area contributed by atoms with Crippen LogP contribution in [0.3, 0.4) is 0 Å². The van der Waals surface area contributed by atoms with E-state index in [1.54, 1.807) is 26.1 Å². The van der Waals surface area contributed by atoms with Gasteiger partial charge in [0.2, 0.25) is 0 Å². The Morgan fingerprint density at radius 3 is 2.83 bits per heavy atom. The zero-order chi connectivity index (χ0) is 17.1. The molecule has 2 N–H and O–H groups in total. The van der Waals surface area contributed by atoms with Crippen molar-refractivity contribution in [1.82, 2.24) is 19.9 Å². The second kappa shape index (κ2) is 6.67. The van der Waals surface area contributed by atoms with Crippen molar-refractivity contribution in [3.05, 3.63) is 53.1 Å². The number of aromatic nitrogens is 4. The van der Waals surface area contributed by atoms with E-state index < -0.39 is 11.7 Å². The molecule has 3 heterocycles. The summed E-state index contributed by atoms with van der Waals surface area (Å²) in [7, 11) is 0. The molecule has 0 saturated carbocycles. The standard InChI is InChI=1S/C15H13FN6OS/c1-8-18-4-3-12(19-8)22-14(23)13-15(24-9(2)20-13)21-11-5-10(16)6-17-7-11/h3-7,21H,1-2H3,(H,18,19,22,23). The Labute approximate surface area is 141 Å². The molecule has 0 fully saturated rings. The van der Waals surface area contributed by atoms with E-state index >= 15 is 0 Å². The van der Waals surface area contributed by atoms with Crippen molar-refractivity contribution in [3.63, 3.8) is 0 Å². The van der Waals surface area contributed by atoms with E-state index in [2.05, 4.69) is 30.6 Å². The van der Waals surface area contributed by atoms with E-state index in [0.717, 1.165) is 6.20 Å². The zero-order valence-electron chi connectivity index (χ0n) is 12.9. The molecule has 0 aromatic carbocycles. The molecule has 0 bridgehead atoms. The molecule has 24 heavy (non-hydrogen) atoms. The van der Waals surface area contributed by atoms with Crippen LogP contribution in [0.2, 0.25) is 0 Å². The molecular formula is C15H13FN6OS. The van der Waals surface area contributed by atoms with Crippen molar-refractivity contribution in [2.45, 2.75) is 13.8 Å². The van der Waals surface area contributed by atoms with E-state index in [1.807, 2.05) is 0 Å². The Morgan fingerprint density at radius 1 is 1.25 bits per heavy atom. The van der Waals surface area contributed by atoms with Crippen LogP contribution in [0.5, 0.6) is 0 Å². The summed E-state index contributed by atoms with van der Waals surface area (Å²) in [5.74, 6) is 0.0518. The van der Waals surface area contributed by atoms with Gasteiger partial charge in [-0.15, -0.1) is 11.3 Å². The van der Waals surface area contributed by atoms with Crippen molar-refractivity contribution in [1.29, 1.82) is 0 Å². The SMILES string of the molecule is Cc1nccc(NC(=O)c2nc(C)sc2Nc2cncc(F)c2)n1. The van der Waals surface area contributed by atoms with Gasteiger partial charge in [0, 0.05) is 12.3 Å². The summed E-state index contributed by atoms with van der Waals surface area (Å²) in [5, 5.41) is 6.85. The lowest BCUT2D eigenvalue weighted by atomic mass is 10.3. The Kier molecular flexibility index (Phi) is 4.43. The highest BCUT2D eigenvalue weighted by atomic mass is 32.1. The highest BCUT2D eigenvalue weighted by Gasteiger charge is 2.18. The van der Waals surface area contributed by atoms with E-state index in [9.17, 15) is 9.18 Å². The van der Waals surface area contributed by atoms with Gasteiger partial charge in [0.05, 0.1) is 23.1 Å². The number of pyridine rings is 1. The van der Waals surface area contributed by atoms with Crippen LogP contribution < -0.4 is 10.6 Å². The number of thiazole rings is 1. The summed E-state index contributed by atoms with van der Waals surface area (Å²) in [6, 6.07) is 2.88. The van der Waals surface area contributed by atoms with Crippen molar-refractivity contribution in [2.24, 2.45) is 0 Å². The molecule has 1 amide bonds. The van der Waals surface area contributed by atoms with Crippen LogP contribution in [0.15, 0.2) is 30.7 Å². The Morgan fingerprint density at radius 2 is 2.08 bits per heavy atom. The number of aryl methyl sites for hydroxylation is 2. The second-order valence-electron chi connectivity index (χ2n) is 4.87. The van der Waals surface area contributed by atoms with Gasteiger partial charge in [-0.3, -0.25) is 9.78 Å². The molecule has 122 valence electrons. The monoisotopic (exact) mass is 344 g/mol. The summed E-state index contributed by atoms with van der Waals surface area (Å²) in [6.07, 6.45) is 4.13. The normalized spacial score (nSPS) is 10.5. The van der Waals surface area contributed by atoms with E-state index in [4.69, 9.17) is 0 Å². The molecule has 3 rings (SSSR count). The van der Waals surface area contributed by atoms with Crippen molar-refractivity contribution >= 4 is 33.8 Å². The largest absolute Gasteiger partial charge is 0.344 e. The molecule has 0 saturated heterocycles. The maximum atomic E-state index is 13.3. The third-order valence-electron chi connectivity index (χ3n) is 2.93. The molecule has 9 heteroatoms. The first kappa shape index (κ1) is 15.9. The number of rotatable bonds is 4. The lowest BCUT2D eigenvalue weighted by molar-refractivity contribution is 0.102. The molecule has 7 nitrogen and oxygen atoms in total. The third kappa shape index (κ3) is 3.69. The highest BCUT2D eigenvalue weighted by molar-refractivity contribution is 7.16. The molecular weight excluding hydrogens is 331 g/mol. The lowest BCUT2D eigenvalue weighted by Gasteiger charge is -2.07. The lowest BCUT2D eigenvalue weighted by Crippen LogP contribution is -2.15. The minimum atomic E-state index is -0.469. The Hall–Kier alpha value is -2.94. The van der Waals surface area contributed by atoms with Gasteiger partial charge >= 0.3 is 0 Å². The number of carbonyl (C=O) groups is 1. The van der Waals surface area contributed by atoms with Gasteiger partial charge < -0.3 is 10.6 Å². The van der Waals surface area contributed by atoms with Crippen LogP contribution in [0, 0.1) is 19.7 Å².